The minimum Gasteiger partial charge on any atom is -0.481 e. The Labute approximate surface area is 159 Å². The number of carboxylic acid groups (broad SMARTS) is 1. The summed E-state index contributed by atoms with van der Waals surface area (Å²) < 4.78 is 0. The zero-order valence-corrected chi connectivity index (χ0v) is 16.8. The van der Waals surface area contributed by atoms with Crippen LogP contribution in [0.2, 0.25) is 0 Å². The molecule has 0 saturated heterocycles. The van der Waals surface area contributed by atoms with Crippen LogP contribution in [0.25, 0.3) is 0 Å². The van der Waals surface area contributed by atoms with Gasteiger partial charge >= 0.3 is 5.97 Å². The Balaban J connectivity index is 1.57. The van der Waals surface area contributed by atoms with Crippen molar-refractivity contribution in [3.63, 3.8) is 0 Å². The first-order chi connectivity index (χ1) is 12.4. The Morgan fingerprint density at radius 3 is 2.81 bits per heavy atom. The van der Waals surface area contributed by atoms with Crippen LogP contribution in [0.5, 0.6) is 0 Å². The maximum Gasteiger partial charge on any atom is 0.303 e. The van der Waals surface area contributed by atoms with E-state index in [0.29, 0.717) is 29.1 Å². The molecule has 144 valence electrons. The maximum absolute atomic E-state index is 11.0. The van der Waals surface area contributed by atoms with E-state index < -0.39 is 5.97 Å². The minimum atomic E-state index is -0.639. The van der Waals surface area contributed by atoms with Crippen molar-refractivity contribution in [2.75, 3.05) is 0 Å². The first-order valence-corrected chi connectivity index (χ1v) is 11.0. The van der Waals surface area contributed by atoms with Gasteiger partial charge in [-0.2, -0.15) is 0 Å². The maximum atomic E-state index is 11.0. The van der Waals surface area contributed by atoms with Gasteiger partial charge in [0.2, 0.25) is 0 Å². The third-order valence-corrected chi connectivity index (χ3v) is 9.15. The Hall–Kier alpha value is -1.05. The van der Waals surface area contributed by atoms with Crippen LogP contribution in [0.4, 0.5) is 0 Å². The van der Waals surface area contributed by atoms with Crippen LogP contribution in [0.15, 0.2) is 23.8 Å². The van der Waals surface area contributed by atoms with E-state index in [0.717, 1.165) is 24.2 Å². The number of fused-ring (bicyclic) bond motifs is 5. The van der Waals surface area contributed by atoms with Crippen molar-refractivity contribution < 1.29 is 9.90 Å². The van der Waals surface area contributed by atoms with Crippen molar-refractivity contribution in [1.29, 1.82) is 0 Å². The molecule has 2 heteroatoms. The Morgan fingerprint density at radius 1 is 1.23 bits per heavy atom. The van der Waals surface area contributed by atoms with Crippen LogP contribution in [0.3, 0.4) is 0 Å². The van der Waals surface area contributed by atoms with Crippen LogP contribution in [-0.4, -0.2) is 11.1 Å². The molecule has 0 radical (unpaired) electrons. The monoisotopic (exact) mass is 356 g/mol. The van der Waals surface area contributed by atoms with Gasteiger partial charge in [0.15, 0.2) is 0 Å². The molecule has 0 aromatic heterocycles. The number of hydrogen-bond donors (Lipinski definition) is 1. The van der Waals surface area contributed by atoms with Crippen LogP contribution < -0.4 is 0 Å². The fourth-order valence-corrected chi connectivity index (χ4v) is 7.71. The molecule has 0 aromatic rings. The second kappa shape index (κ2) is 6.53. The Morgan fingerprint density at radius 2 is 2.04 bits per heavy atom. The molecule has 4 aliphatic carbocycles. The molecule has 2 fully saturated rings. The van der Waals surface area contributed by atoms with Crippen molar-refractivity contribution in [3.05, 3.63) is 23.8 Å². The fourth-order valence-electron chi connectivity index (χ4n) is 7.71. The van der Waals surface area contributed by atoms with Crippen LogP contribution in [0, 0.1) is 40.4 Å². The molecule has 4 rings (SSSR count). The number of allylic oxidation sites excluding steroid dienone is 4. The SMILES string of the molecule is C[C@H](CCC(=O)O)[C@H]1CC[C@H]2[C@@H]3C=CC4=CCCC[C@]4(C)[C@H]3CC[C@]12C. The number of carbonyl (C=O) groups is 1. The molecule has 4 aliphatic rings. The molecule has 0 spiro atoms. The highest BCUT2D eigenvalue weighted by Gasteiger charge is 2.58. The highest BCUT2D eigenvalue weighted by Crippen LogP contribution is 2.66. The first kappa shape index (κ1) is 18.3. The summed E-state index contributed by atoms with van der Waals surface area (Å²) in [5.74, 6) is 2.97. The van der Waals surface area contributed by atoms with Gasteiger partial charge in [-0.3, -0.25) is 4.79 Å². The lowest BCUT2D eigenvalue weighted by molar-refractivity contribution is -0.137. The molecule has 0 aliphatic heterocycles. The van der Waals surface area contributed by atoms with Gasteiger partial charge < -0.3 is 5.11 Å². The van der Waals surface area contributed by atoms with Gasteiger partial charge in [-0.15, -0.1) is 0 Å². The van der Waals surface area contributed by atoms with Gasteiger partial charge in [0.1, 0.15) is 0 Å². The molecular formula is C24H36O2. The summed E-state index contributed by atoms with van der Waals surface area (Å²) in [7, 11) is 0. The second-order valence-electron chi connectivity index (χ2n) is 10.3. The summed E-state index contributed by atoms with van der Waals surface area (Å²) in [6, 6.07) is 0. The van der Waals surface area contributed by atoms with Crippen molar-refractivity contribution in [2.45, 2.75) is 78.6 Å². The standard InChI is InChI=1S/C24H36O2/c1-16(7-12-22(25)26)19-10-11-20-18-9-8-17-6-4-5-14-23(17,2)21(18)13-15-24(19,20)3/h6,8-9,16,18-21H,4-5,7,10-15H2,1-3H3,(H,25,26)/t16-,18+,19-,20+,21+,23+,24-/m1/s1. The predicted octanol–water partition coefficient (Wildman–Crippen LogP) is 6.23. The average Bonchev–Trinajstić information content (AvgIpc) is 2.96. The molecule has 26 heavy (non-hydrogen) atoms. The van der Waals surface area contributed by atoms with Crippen molar-refractivity contribution in [3.8, 4) is 0 Å². The quantitative estimate of drug-likeness (QED) is 0.648. The molecule has 0 unspecified atom stereocenters. The third-order valence-electron chi connectivity index (χ3n) is 9.15. The van der Waals surface area contributed by atoms with Gasteiger partial charge in [0.25, 0.3) is 0 Å². The van der Waals surface area contributed by atoms with E-state index in [1.807, 2.05) is 0 Å². The smallest absolute Gasteiger partial charge is 0.303 e. The summed E-state index contributed by atoms with van der Waals surface area (Å²) >= 11 is 0. The fraction of sp³-hybridized carbons (Fsp3) is 0.792. The lowest BCUT2D eigenvalue weighted by Crippen LogP contribution is -2.49. The van der Waals surface area contributed by atoms with Crippen molar-refractivity contribution >= 4 is 5.97 Å². The zero-order valence-electron chi connectivity index (χ0n) is 16.8. The van der Waals surface area contributed by atoms with Gasteiger partial charge in [0.05, 0.1) is 0 Å². The lowest BCUT2D eigenvalue weighted by atomic mass is 9.48. The van der Waals surface area contributed by atoms with Crippen LogP contribution >= 0.6 is 0 Å². The largest absolute Gasteiger partial charge is 0.481 e. The summed E-state index contributed by atoms with van der Waals surface area (Å²) in [5, 5.41) is 9.08. The van der Waals surface area contributed by atoms with E-state index in [1.165, 1.54) is 44.9 Å². The highest BCUT2D eigenvalue weighted by atomic mass is 16.4. The van der Waals surface area contributed by atoms with Gasteiger partial charge in [0, 0.05) is 6.42 Å². The molecule has 0 aromatic carbocycles. The van der Waals surface area contributed by atoms with Crippen molar-refractivity contribution in [1.82, 2.24) is 0 Å². The average molecular weight is 357 g/mol. The number of aliphatic carboxylic acids is 1. The van der Waals surface area contributed by atoms with Gasteiger partial charge in [-0.1, -0.05) is 39.0 Å². The molecule has 7 atom stereocenters. The molecule has 0 amide bonds. The number of carboxylic acids is 1. The summed E-state index contributed by atoms with van der Waals surface area (Å²) in [6.07, 6.45) is 18.1. The predicted molar refractivity (Wildman–Crippen MR) is 106 cm³/mol. The molecule has 0 heterocycles. The van der Waals surface area contributed by atoms with E-state index in [2.05, 4.69) is 39.0 Å². The lowest BCUT2D eigenvalue weighted by Gasteiger charge is -2.56. The van der Waals surface area contributed by atoms with Crippen LogP contribution in [0.1, 0.15) is 78.6 Å². The number of hydrogen-bond acceptors (Lipinski definition) is 1. The summed E-state index contributed by atoms with van der Waals surface area (Å²) in [5.41, 5.74) is 2.44. The molecule has 2 saturated carbocycles. The molecular weight excluding hydrogens is 320 g/mol. The molecule has 0 bridgehead atoms. The van der Waals surface area contributed by atoms with E-state index in [-0.39, 0.29) is 0 Å². The van der Waals surface area contributed by atoms with Crippen LogP contribution in [-0.2, 0) is 4.79 Å². The van der Waals surface area contributed by atoms with Gasteiger partial charge in [-0.25, -0.2) is 0 Å². The van der Waals surface area contributed by atoms with Gasteiger partial charge in [-0.05, 0) is 97.4 Å². The van der Waals surface area contributed by atoms with E-state index in [4.69, 9.17) is 5.11 Å². The Bertz CT molecular complexity index is 632. The highest BCUT2D eigenvalue weighted by molar-refractivity contribution is 5.66. The van der Waals surface area contributed by atoms with E-state index in [9.17, 15) is 4.79 Å². The Kier molecular flexibility index (Phi) is 4.60. The van der Waals surface area contributed by atoms with E-state index >= 15 is 0 Å². The topological polar surface area (TPSA) is 37.3 Å². The summed E-state index contributed by atoms with van der Waals surface area (Å²) in [4.78, 5) is 11.0. The zero-order chi connectivity index (χ0) is 18.5. The second-order valence-corrected chi connectivity index (χ2v) is 10.3. The molecule has 1 N–H and O–H groups in total. The third kappa shape index (κ3) is 2.70. The number of rotatable bonds is 4. The first-order valence-electron chi connectivity index (χ1n) is 11.0. The van der Waals surface area contributed by atoms with E-state index in [1.54, 1.807) is 5.57 Å². The van der Waals surface area contributed by atoms with Crippen molar-refractivity contribution in [2.24, 2.45) is 40.4 Å². The normalized spacial score (nSPS) is 45.3. The summed E-state index contributed by atoms with van der Waals surface area (Å²) in [6.45, 7) is 7.41. The minimum absolute atomic E-state index is 0.330. The molecule has 2 nitrogen and oxygen atoms in total.